The Morgan fingerprint density at radius 3 is 2.04 bits per heavy atom. The third kappa shape index (κ3) is 6.80. The van der Waals surface area contributed by atoms with Crippen molar-refractivity contribution >= 4 is 57.4 Å². The zero-order valence-electron chi connectivity index (χ0n) is 25.4. The minimum absolute atomic E-state index is 0. The Kier molecular flexibility index (Phi) is 11.5. The first-order valence-corrected chi connectivity index (χ1v) is 13.3. The molecule has 3 heterocycles. The second kappa shape index (κ2) is 14.7. The average molecular weight is 712 g/mol. The van der Waals surface area contributed by atoms with Crippen molar-refractivity contribution in [3.8, 4) is 23.0 Å². The van der Waals surface area contributed by atoms with E-state index in [0.717, 1.165) is 6.07 Å². The van der Waals surface area contributed by atoms with E-state index in [2.05, 4.69) is 6.08 Å². The van der Waals surface area contributed by atoms with Crippen molar-refractivity contribution in [3.05, 3.63) is 118 Å². The molecule has 0 radical (unpaired) electrons. The zero-order valence-corrected chi connectivity index (χ0v) is 31.7. The fraction of sp³-hybridized carbons (Fsp3) is 0. The zero-order chi connectivity index (χ0) is 32.4. The number of esters is 3. The molecule has 0 aliphatic carbocycles. The SMILES string of the molecule is O=C1O/C(=C\c2ccc(O)cc2)[C-]=C1c1cc2c3c(c(O)cc(C4=C([O-])/C(=C(\C(=O)O)c5ccc(O)cc5)OC4=O)c3c1)OC2=O.[K+].[K+].[OH-]. The van der Waals surface area contributed by atoms with Crippen LogP contribution >= 0.6 is 0 Å². The third-order valence-electron chi connectivity index (χ3n) is 7.42. The van der Waals surface area contributed by atoms with Crippen LogP contribution in [0.1, 0.15) is 32.6 Å². The van der Waals surface area contributed by atoms with E-state index in [1.807, 2.05) is 0 Å². The number of phenolic OH excluding ortho intramolecular Hbond substituents is 3. The number of carboxylic acid groups (broad SMARTS) is 1. The van der Waals surface area contributed by atoms with Crippen LogP contribution in [0.15, 0.2) is 84.0 Å². The van der Waals surface area contributed by atoms with Crippen molar-refractivity contribution in [3.63, 3.8) is 0 Å². The van der Waals surface area contributed by atoms with Crippen molar-refractivity contribution in [2.24, 2.45) is 0 Å². The summed E-state index contributed by atoms with van der Waals surface area (Å²) in [7, 11) is 0. The number of carbonyl (C=O) groups is 4. The second-order valence-electron chi connectivity index (χ2n) is 10.2. The van der Waals surface area contributed by atoms with E-state index in [4.69, 9.17) is 14.2 Å². The molecule has 0 spiro atoms. The van der Waals surface area contributed by atoms with Gasteiger partial charge in [0.2, 0.25) is 0 Å². The molecule has 4 aromatic rings. The Labute approximate surface area is 360 Å². The van der Waals surface area contributed by atoms with Crippen LogP contribution < -0.4 is 113 Å². The van der Waals surface area contributed by atoms with E-state index in [1.165, 1.54) is 54.6 Å². The number of carboxylic acids is 1. The molecule has 234 valence electrons. The molecule has 15 heteroatoms. The van der Waals surface area contributed by atoms with Gasteiger partial charge in [-0.1, -0.05) is 65.3 Å². The van der Waals surface area contributed by atoms with Gasteiger partial charge in [-0.3, -0.25) is 0 Å². The molecule has 0 atom stereocenters. The number of hydrogen-bond acceptors (Lipinski definition) is 12. The molecule has 0 saturated heterocycles. The van der Waals surface area contributed by atoms with Gasteiger partial charge in [-0.05, 0) is 52.6 Å². The average Bonchev–Trinajstić information content (AvgIpc) is 3.65. The summed E-state index contributed by atoms with van der Waals surface area (Å²) in [6.45, 7) is 0. The minimum Gasteiger partial charge on any atom is -0.870 e. The molecular weight excluding hydrogens is 695 g/mol. The van der Waals surface area contributed by atoms with Crippen molar-refractivity contribution in [2.45, 2.75) is 0 Å². The molecule has 7 rings (SSSR count). The van der Waals surface area contributed by atoms with Crippen LogP contribution in [0.2, 0.25) is 0 Å². The Balaban J connectivity index is 0.00000180. The molecule has 3 aliphatic heterocycles. The van der Waals surface area contributed by atoms with Crippen molar-refractivity contribution in [1.82, 2.24) is 0 Å². The summed E-state index contributed by atoms with van der Waals surface area (Å²) in [6.07, 6.45) is 4.32. The summed E-state index contributed by atoms with van der Waals surface area (Å²) in [5.41, 5.74) is -1.05. The largest absolute Gasteiger partial charge is 1.00 e. The standard InChI is InChI=1S/C34H17O12.2K.H2O/c35-17-5-1-14(2-6-17)9-19-12-20(32(41)44-19)16-10-21-22(13-24(37)29-26(21)23(11-16)33(42)45-29)27-28(38)30(46-34(27)43)25(31(39)40)15-3-7-18(36)8-4-15;;;/h1-11,13,35-38H,(H,39,40);;;1H2/q-1;2*+1;/p-2/b19-9-,30-25+;;;. The predicted molar refractivity (Wildman–Crippen MR) is 157 cm³/mol. The van der Waals surface area contributed by atoms with E-state index in [9.17, 15) is 44.7 Å². The number of aromatic hydroxyl groups is 3. The molecule has 3 aliphatic rings. The summed E-state index contributed by atoms with van der Waals surface area (Å²) in [5.74, 6) is -7.36. The summed E-state index contributed by atoms with van der Waals surface area (Å²) in [5, 5.41) is 53.6. The molecule has 13 nitrogen and oxygen atoms in total. The molecule has 49 heavy (non-hydrogen) atoms. The monoisotopic (exact) mass is 711 g/mol. The Morgan fingerprint density at radius 2 is 1.41 bits per heavy atom. The number of phenols is 3. The summed E-state index contributed by atoms with van der Waals surface area (Å²) >= 11 is 0. The quantitative estimate of drug-likeness (QED) is 0.0541. The normalized spacial score (nSPS) is 16.3. The van der Waals surface area contributed by atoms with Crippen LogP contribution in [0.5, 0.6) is 23.0 Å². The van der Waals surface area contributed by atoms with Gasteiger partial charge in [0.1, 0.15) is 22.8 Å². The Morgan fingerprint density at radius 1 is 0.776 bits per heavy atom. The molecular formula is C34H17K2O13-. The van der Waals surface area contributed by atoms with Gasteiger partial charge < -0.3 is 50.0 Å². The number of carbonyl (C=O) groups excluding carboxylic acids is 3. The van der Waals surface area contributed by atoms with Gasteiger partial charge >= 0.3 is 121 Å². The maximum Gasteiger partial charge on any atom is 1.00 e. The molecule has 0 aromatic heterocycles. The van der Waals surface area contributed by atoms with Crippen LogP contribution in [-0.2, 0) is 23.9 Å². The predicted octanol–water partition coefficient (Wildman–Crippen LogP) is -2.77. The fourth-order valence-electron chi connectivity index (χ4n) is 5.37. The topological polar surface area (TPSA) is 230 Å². The minimum atomic E-state index is -1.59. The number of allylic oxidation sites excluding steroid dienone is 1. The van der Waals surface area contributed by atoms with E-state index in [-0.39, 0.29) is 170 Å². The number of hydrogen-bond donors (Lipinski definition) is 4. The van der Waals surface area contributed by atoms with Gasteiger partial charge in [0, 0.05) is 11.1 Å². The summed E-state index contributed by atoms with van der Waals surface area (Å²) in [6, 6.07) is 14.6. The number of ether oxygens (including phenoxy) is 3. The van der Waals surface area contributed by atoms with Crippen LogP contribution in [0, 0.1) is 6.08 Å². The van der Waals surface area contributed by atoms with E-state index in [1.54, 1.807) is 12.1 Å². The van der Waals surface area contributed by atoms with Gasteiger partial charge in [0.05, 0.1) is 11.1 Å². The number of rotatable bonds is 5. The summed E-state index contributed by atoms with van der Waals surface area (Å²) in [4.78, 5) is 51.2. The Hall–Kier alpha value is -3.59. The Bertz CT molecular complexity index is 2230. The molecule has 0 bridgehead atoms. The maximum absolute atomic E-state index is 13.7. The van der Waals surface area contributed by atoms with E-state index in [0.29, 0.717) is 5.56 Å². The van der Waals surface area contributed by atoms with Gasteiger partial charge in [-0.25, -0.2) is 14.4 Å². The van der Waals surface area contributed by atoms with Gasteiger partial charge in [-0.15, -0.1) is 0 Å². The van der Waals surface area contributed by atoms with Crippen LogP contribution in [0.4, 0.5) is 0 Å². The van der Waals surface area contributed by atoms with Gasteiger partial charge in [0.15, 0.2) is 11.5 Å². The van der Waals surface area contributed by atoms with Crippen molar-refractivity contribution in [2.75, 3.05) is 0 Å². The van der Waals surface area contributed by atoms with Crippen molar-refractivity contribution < 1.29 is 167 Å². The molecule has 0 amide bonds. The number of aliphatic carboxylic acids is 1. The van der Waals surface area contributed by atoms with Crippen LogP contribution in [-0.4, -0.2) is 49.8 Å². The van der Waals surface area contributed by atoms with Gasteiger partial charge in [0.25, 0.3) is 5.97 Å². The van der Waals surface area contributed by atoms with Crippen LogP contribution in [0.3, 0.4) is 0 Å². The first kappa shape index (κ1) is 38.2. The van der Waals surface area contributed by atoms with Crippen LogP contribution in [0.25, 0.3) is 33.6 Å². The molecule has 0 unspecified atom stereocenters. The third-order valence-corrected chi connectivity index (χ3v) is 7.42. The molecule has 0 saturated carbocycles. The summed E-state index contributed by atoms with van der Waals surface area (Å²) < 4.78 is 15.8. The smallest absolute Gasteiger partial charge is 0.870 e. The maximum atomic E-state index is 13.7. The number of cyclic esters (lactones) is 2. The molecule has 4 aromatic carbocycles. The number of benzene rings is 4. The van der Waals surface area contributed by atoms with E-state index < -0.39 is 52.3 Å². The van der Waals surface area contributed by atoms with Gasteiger partial charge in [-0.2, -0.15) is 0 Å². The molecule has 5 N–H and O–H groups in total. The van der Waals surface area contributed by atoms with E-state index >= 15 is 0 Å². The first-order valence-electron chi connectivity index (χ1n) is 13.3. The molecule has 0 fully saturated rings. The van der Waals surface area contributed by atoms with Crippen molar-refractivity contribution in [1.29, 1.82) is 0 Å². The first-order chi connectivity index (χ1) is 22.0. The second-order valence-corrected chi connectivity index (χ2v) is 10.2. The fourth-order valence-corrected chi connectivity index (χ4v) is 5.37.